The summed E-state index contributed by atoms with van der Waals surface area (Å²) < 4.78 is 0. The highest BCUT2D eigenvalue weighted by Gasteiger charge is 2.42. The second-order valence-corrected chi connectivity index (χ2v) is 6.92. The zero-order chi connectivity index (χ0) is 13.4. The summed E-state index contributed by atoms with van der Waals surface area (Å²) >= 11 is 0. The van der Waals surface area contributed by atoms with Crippen molar-refractivity contribution in [3.63, 3.8) is 0 Å². The fraction of sp³-hybridized carbons (Fsp3) is 0.706. The molecule has 0 amide bonds. The van der Waals surface area contributed by atoms with Crippen molar-refractivity contribution in [3.8, 4) is 0 Å². The molecule has 1 aromatic heterocycles. The SMILES string of the molecule is c1cncc(CN2CCN([C@@H]3C[C@@H]4CC[C@@H]3C4)CC2)c1. The molecule has 1 saturated heterocycles. The van der Waals surface area contributed by atoms with Gasteiger partial charge in [-0.3, -0.25) is 14.8 Å². The fourth-order valence-corrected chi connectivity index (χ4v) is 4.66. The summed E-state index contributed by atoms with van der Waals surface area (Å²) in [4.78, 5) is 9.60. The standard InChI is InChI=1S/C17H25N3/c1-2-15(12-18-5-1)13-19-6-8-20(9-7-19)17-11-14-3-4-16(17)10-14/h1-2,5,12,14,16-17H,3-4,6-11,13H2/t14-,16-,17-/m1/s1. The Balaban J connectivity index is 1.30. The van der Waals surface area contributed by atoms with Crippen molar-refractivity contribution in [1.29, 1.82) is 0 Å². The molecule has 4 rings (SSSR count). The average Bonchev–Trinajstić information content (AvgIpc) is 3.12. The van der Waals surface area contributed by atoms with E-state index >= 15 is 0 Å². The van der Waals surface area contributed by atoms with Crippen LogP contribution in [0.2, 0.25) is 0 Å². The highest BCUT2D eigenvalue weighted by molar-refractivity contribution is 5.08. The first-order valence-electron chi connectivity index (χ1n) is 8.24. The molecule has 3 heteroatoms. The van der Waals surface area contributed by atoms with E-state index in [-0.39, 0.29) is 0 Å². The van der Waals surface area contributed by atoms with Crippen LogP contribution in [-0.4, -0.2) is 47.0 Å². The van der Waals surface area contributed by atoms with E-state index in [4.69, 9.17) is 0 Å². The van der Waals surface area contributed by atoms with E-state index in [0.29, 0.717) is 0 Å². The lowest BCUT2D eigenvalue weighted by Gasteiger charge is -2.41. The Labute approximate surface area is 122 Å². The van der Waals surface area contributed by atoms with Gasteiger partial charge in [0.2, 0.25) is 0 Å². The molecule has 2 aliphatic carbocycles. The molecule has 1 aliphatic heterocycles. The highest BCUT2D eigenvalue weighted by atomic mass is 15.3. The summed E-state index contributed by atoms with van der Waals surface area (Å²) in [5, 5.41) is 0. The number of nitrogens with zero attached hydrogens (tertiary/aromatic N) is 3. The van der Waals surface area contributed by atoms with Crippen LogP contribution in [0.4, 0.5) is 0 Å². The van der Waals surface area contributed by atoms with Crippen LogP contribution >= 0.6 is 0 Å². The molecule has 1 aromatic rings. The molecule has 0 spiro atoms. The second kappa shape index (κ2) is 5.45. The molecule has 3 atom stereocenters. The number of hydrogen-bond acceptors (Lipinski definition) is 3. The van der Waals surface area contributed by atoms with Crippen LogP contribution in [0.15, 0.2) is 24.5 Å². The van der Waals surface area contributed by atoms with E-state index in [1.165, 1.54) is 57.4 Å². The fourth-order valence-electron chi connectivity index (χ4n) is 4.66. The molecular formula is C17H25N3. The monoisotopic (exact) mass is 271 g/mol. The van der Waals surface area contributed by atoms with Crippen molar-refractivity contribution >= 4 is 0 Å². The summed E-state index contributed by atoms with van der Waals surface area (Å²) in [6.45, 7) is 6.06. The maximum absolute atomic E-state index is 4.22. The van der Waals surface area contributed by atoms with Crippen molar-refractivity contribution < 1.29 is 0 Å². The lowest BCUT2D eigenvalue weighted by Crippen LogP contribution is -2.51. The number of hydrogen-bond donors (Lipinski definition) is 0. The molecule has 108 valence electrons. The van der Waals surface area contributed by atoms with Crippen LogP contribution in [-0.2, 0) is 6.54 Å². The Hall–Kier alpha value is -0.930. The van der Waals surface area contributed by atoms with Crippen molar-refractivity contribution in [2.45, 2.75) is 38.3 Å². The molecule has 0 unspecified atom stereocenters. The second-order valence-electron chi connectivity index (χ2n) is 6.92. The molecule has 20 heavy (non-hydrogen) atoms. The smallest absolute Gasteiger partial charge is 0.0312 e. The zero-order valence-electron chi connectivity index (χ0n) is 12.2. The van der Waals surface area contributed by atoms with E-state index < -0.39 is 0 Å². The van der Waals surface area contributed by atoms with Crippen LogP contribution in [0, 0.1) is 11.8 Å². The van der Waals surface area contributed by atoms with Crippen LogP contribution in [0.5, 0.6) is 0 Å². The minimum atomic E-state index is 0.925. The molecular weight excluding hydrogens is 246 g/mol. The van der Waals surface area contributed by atoms with Gasteiger partial charge in [0.05, 0.1) is 0 Å². The van der Waals surface area contributed by atoms with Gasteiger partial charge in [-0.25, -0.2) is 0 Å². The molecule has 2 heterocycles. The first-order chi connectivity index (χ1) is 9.88. The van der Waals surface area contributed by atoms with Crippen LogP contribution in [0.25, 0.3) is 0 Å². The van der Waals surface area contributed by atoms with Gasteiger partial charge in [0, 0.05) is 51.2 Å². The van der Waals surface area contributed by atoms with E-state index in [1.54, 1.807) is 0 Å². The van der Waals surface area contributed by atoms with Crippen molar-refractivity contribution in [3.05, 3.63) is 30.1 Å². The Kier molecular flexibility index (Phi) is 3.49. The van der Waals surface area contributed by atoms with Gasteiger partial charge in [0.1, 0.15) is 0 Å². The zero-order valence-corrected chi connectivity index (χ0v) is 12.2. The predicted molar refractivity (Wildman–Crippen MR) is 80.3 cm³/mol. The van der Waals surface area contributed by atoms with E-state index in [2.05, 4.69) is 20.9 Å². The molecule has 0 N–H and O–H groups in total. The maximum atomic E-state index is 4.22. The van der Waals surface area contributed by atoms with Crippen molar-refractivity contribution in [1.82, 2.24) is 14.8 Å². The lowest BCUT2D eigenvalue weighted by molar-refractivity contribution is 0.0679. The number of aromatic nitrogens is 1. The topological polar surface area (TPSA) is 19.4 Å². The molecule has 2 saturated carbocycles. The quantitative estimate of drug-likeness (QED) is 0.841. The normalized spacial score (nSPS) is 34.7. The summed E-state index contributed by atoms with van der Waals surface area (Å²) in [5.41, 5.74) is 1.35. The Morgan fingerprint density at radius 2 is 2.00 bits per heavy atom. The first kappa shape index (κ1) is 12.8. The van der Waals surface area contributed by atoms with Crippen LogP contribution < -0.4 is 0 Å². The molecule has 3 aliphatic rings. The molecule has 0 radical (unpaired) electrons. The Morgan fingerprint density at radius 1 is 1.10 bits per heavy atom. The lowest BCUT2D eigenvalue weighted by atomic mass is 9.93. The van der Waals surface area contributed by atoms with Crippen molar-refractivity contribution in [2.24, 2.45) is 11.8 Å². The minimum absolute atomic E-state index is 0.925. The Bertz CT molecular complexity index is 439. The van der Waals surface area contributed by atoms with E-state index in [9.17, 15) is 0 Å². The third-order valence-electron chi connectivity index (χ3n) is 5.71. The van der Waals surface area contributed by atoms with E-state index in [0.717, 1.165) is 24.4 Å². The van der Waals surface area contributed by atoms with E-state index in [1.807, 2.05) is 18.5 Å². The van der Waals surface area contributed by atoms with Crippen LogP contribution in [0.3, 0.4) is 0 Å². The van der Waals surface area contributed by atoms with Gasteiger partial charge < -0.3 is 0 Å². The summed E-state index contributed by atoms with van der Waals surface area (Å²) in [7, 11) is 0. The summed E-state index contributed by atoms with van der Waals surface area (Å²) in [6.07, 6.45) is 9.90. The van der Waals surface area contributed by atoms with Gasteiger partial charge in [-0.15, -0.1) is 0 Å². The third-order valence-corrected chi connectivity index (χ3v) is 5.71. The van der Waals surface area contributed by atoms with Gasteiger partial charge in [-0.2, -0.15) is 0 Å². The largest absolute Gasteiger partial charge is 0.298 e. The van der Waals surface area contributed by atoms with Gasteiger partial charge in [-0.05, 0) is 42.7 Å². The number of pyridine rings is 1. The summed E-state index contributed by atoms with van der Waals surface area (Å²) in [6, 6.07) is 5.16. The van der Waals surface area contributed by atoms with Crippen molar-refractivity contribution in [2.75, 3.05) is 26.2 Å². The number of rotatable bonds is 3. The first-order valence-corrected chi connectivity index (χ1v) is 8.24. The summed E-state index contributed by atoms with van der Waals surface area (Å²) in [5.74, 6) is 2.10. The minimum Gasteiger partial charge on any atom is -0.298 e. The molecule has 3 fully saturated rings. The molecule has 2 bridgehead atoms. The molecule has 0 aromatic carbocycles. The van der Waals surface area contributed by atoms with Gasteiger partial charge >= 0.3 is 0 Å². The maximum Gasteiger partial charge on any atom is 0.0312 e. The van der Waals surface area contributed by atoms with Crippen LogP contribution in [0.1, 0.15) is 31.2 Å². The number of fused-ring (bicyclic) bond motifs is 2. The van der Waals surface area contributed by atoms with Gasteiger partial charge in [0.15, 0.2) is 0 Å². The number of piperazine rings is 1. The molecule has 3 nitrogen and oxygen atoms in total. The van der Waals surface area contributed by atoms with Gasteiger partial charge in [-0.1, -0.05) is 12.5 Å². The average molecular weight is 271 g/mol. The predicted octanol–water partition coefficient (Wildman–Crippen LogP) is 2.39. The third kappa shape index (κ3) is 2.49. The highest BCUT2D eigenvalue weighted by Crippen LogP contribution is 2.46. The van der Waals surface area contributed by atoms with Gasteiger partial charge in [0.25, 0.3) is 0 Å². The Morgan fingerprint density at radius 3 is 2.65 bits per heavy atom.